The Morgan fingerprint density at radius 3 is 1.56 bits per heavy atom. The van der Waals surface area contributed by atoms with Crippen LogP contribution in [-0.2, 0) is 8.23 Å². The van der Waals surface area contributed by atoms with Crippen molar-refractivity contribution >= 4 is 36.6 Å². The molecule has 0 aromatic rings. The van der Waals surface area contributed by atoms with E-state index in [0.29, 0.717) is 0 Å². The third-order valence-corrected chi connectivity index (χ3v) is 20.7. The molecule has 0 bridgehead atoms. The Bertz CT molecular complexity index is 278. The molecule has 25 heavy (non-hydrogen) atoms. The number of hydrogen-bond acceptors (Lipinski definition) is 2. The van der Waals surface area contributed by atoms with E-state index in [0.717, 1.165) is 10.5 Å². The molecule has 0 aromatic carbocycles. The lowest BCUT2D eigenvalue weighted by Gasteiger charge is -2.22. The van der Waals surface area contributed by atoms with Crippen LogP contribution in [0.15, 0.2) is 0 Å². The molecule has 0 amide bonds. The molecule has 0 aromatic heterocycles. The average Bonchev–Trinajstić information content (AvgIpc) is 2.60. The fourth-order valence-corrected chi connectivity index (χ4v) is 15.1. The standard InChI is InChI=1S/C19H48O2Si4/c1-5-6-7-8-9-10-11-12-13-14-15-16-17-18-19-24(2)21-23-25(3,4)20-22/h24H,5-19,23H2,1-4,22H3. The summed E-state index contributed by atoms with van der Waals surface area (Å²) in [6.07, 6.45) is 20.3. The van der Waals surface area contributed by atoms with Crippen LogP contribution < -0.4 is 0 Å². The molecule has 0 N–H and O–H groups in total. The van der Waals surface area contributed by atoms with E-state index >= 15 is 0 Å². The van der Waals surface area contributed by atoms with Gasteiger partial charge in [0.25, 0.3) is 0 Å². The van der Waals surface area contributed by atoms with Crippen molar-refractivity contribution in [3.63, 3.8) is 0 Å². The van der Waals surface area contributed by atoms with E-state index in [-0.39, 0.29) is 9.28 Å². The smallest absolute Gasteiger partial charge is 0.183 e. The van der Waals surface area contributed by atoms with Crippen LogP contribution in [-0.4, -0.2) is 36.6 Å². The summed E-state index contributed by atoms with van der Waals surface area (Å²) >= 11 is 0. The van der Waals surface area contributed by atoms with Crippen molar-refractivity contribution in [3.05, 3.63) is 0 Å². The minimum atomic E-state index is -1.31. The average molecular weight is 421 g/mol. The van der Waals surface area contributed by atoms with Gasteiger partial charge in [0.1, 0.15) is 10.5 Å². The molecule has 0 radical (unpaired) electrons. The molecule has 0 fully saturated rings. The quantitative estimate of drug-likeness (QED) is 0.218. The van der Waals surface area contributed by atoms with Gasteiger partial charge in [-0.15, -0.1) is 0 Å². The topological polar surface area (TPSA) is 18.5 Å². The highest BCUT2D eigenvalue weighted by Gasteiger charge is 2.22. The first kappa shape index (κ1) is 25.8. The fraction of sp³-hybridized carbons (Fsp3) is 1.00. The Kier molecular flexibility index (Phi) is 18.7. The Labute approximate surface area is 167 Å². The summed E-state index contributed by atoms with van der Waals surface area (Å²) < 4.78 is 12.0. The first-order chi connectivity index (χ1) is 12.0. The summed E-state index contributed by atoms with van der Waals surface area (Å²) in [4.78, 5) is 0. The molecular weight excluding hydrogens is 373 g/mol. The first-order valence-corrected chi connectivity index (χ1v) is 20.3. The van der Waals surface area contributed by atoms with E-state index in [1.807, 2.05) is 0 Å². The zero-order chi connectivity index (χ0) is 18.8. The van der Waals surface area contributed by atoms with Crippen LogP contribution in [0.3, 0.4) is 0 Å². The predicted octanol–water partition coefficient (Wildman–Crippen LogP) is 4.92. The molecule has 0 saturated carbocycles. The third kappa shape index (κ3) is 19.4. The van der Waals surface area contributed by atoms with Crippen LogP contribution in [0, 0.1) is 0 Å². The van der Waals surface area contributed by atoms with E-state index in [1.54, 1.807) is 0 Å². The fourth-order valence-electron chi connectivity index (χ4n) is 3.11. The van der Waals surface area contributed by atoms with Gasteiger partial charge in [0.2, 0.25) is 0 Å². The summed E-state index contributed by atoms with van der Waals surface area (Å²) in [5, 5.41) is 0. The van der Waals surface area contributed by atoms with Gasteiger partial charge in [-0.3, -0.25) is 0 Å². The second kappa shape index (κ2) is 18.2. The van der Waals surface area contributed by atoms with Crippen molar-refractivity contribution in [2.45, 2.75) is 123 Å². The third-order valence-electron chi connectivity index (χ3n) is 5.23. The van der Waals surface area contributed by atoms with Gasteiger partial charge >= 0.3 is 0 Å². The van der Waals surface area contributed by atoms with Gasteiger partial charge in [0.05, 0.1) is 0 Å². The van der Waals surface area contributed by atoms with Crippen molar-refractivity contribution < 1.29 is 8.23 Å². The lowest BCUT2D eigenvalue weighted by atomic mass is 10.0. The second-order valence-corrected chi connectivity index (χ2v) is 23.4. The highest BCUT2D eigenvalue weighted by atomic mass is 29.2. The number of hydrogen-bond donors (Lipinski definition) is 0. The van der Waals surface area contributed by atoms with Crippen LogP contribution in [0.4, 0.5) is 0 Å². The Morgan fingerprint density at radius 2 is 1.16 bits per heavy atom. The molecule has 0 aliphatic carbocycles. The van der Waals surface area contributed by atoms with Crippen LogP contribution in [0.2, 0.25) is 25.7 Å². The van der Waals surface area contributed by atoms with Crippen LogP contribution >= 0.6 is 0 Å². The molecule has 2 nitrogen and oxygen atoms in total. The van der Waals surface area contributed by atoms with Gasteiger partial charge in [-0.05, 0) is 25.7 Å². The van der Waals surface area contributed by atoms with E-state index < -0.39 is 16.9 Å². The van der Waals surface area contributed by atoms with Crippen molar-refractivity contribution in [1.29, 1.82) is 0 Å². The Hall–Kier alpha value is 0.788. The summed E-state index contributed by atoms with van der Waals surface area (Å²) in [7, 11) is -1.65. The number of rotatable bonds is 19. The Morgan fingerprint density at radius 1 is 0.760 bits per heavy atom. The molecule has 0 heterocycles. The maximum atomic E-state index is 6.25. The minimum absolute atomic E-state index is 0.360. The molecule has 6 heteroatoms. The minimum Gasteiger partial charge on any atom is -0.464 e. The molecular formula is C19H48O2Si4. The lowest BCUT2D eigenvalue weighted by molar-refractivity contribution is 0.536. The van der Waals surface area contributed by atoms with E-state index in [1.165, 1.54) is 95.9 Å². The predicted molar refractivity (Wildman–Crippen MR) is 126 cm³/mol. The van der Waals surface area contributed by atoms with Gasteiger partial charge in [-0.25, -0.2) is 0 Å². The maximum Gasteiger partial charge on any atom is 0.183 e. The lowest BCUT2D eigenvalue weighted by Crippen LogP contribution is -2.41. The molecule has 0 rings (SSSR count). The van der Waals surface area contributed by atoms with Crippen molar-refractivity contribution in [3.8, 4) is 0 Å². The van der Waals surface area contributed by atoms with E-state index in [2.05, 4.69) is 26.6 Å². The molecule has 1 atom stereocenters. The molecule has 0 aliphatic heterocycles. The Balaban J connectivity index is 3.21. The molecule has 0 aliphatic rings. The van der Waals surface area contributed by atoms with E-state index in [4.69, 9.17) is 8.23 Å². The summed E-state index contributed by atoms with van der Waals surface area (Å²) in [5.74, 6) is 0. The van der Waals surface area contributed by atoms with Crippen LogP contribution in [0.1, 0.15) is 96.8 Å². The van der Waals surface area contributed by atoms with Gasteiger partial charge in [0.15, 0.2) is 26.2 Å². The highest BCUT2D eigenvalue weighted by Crippen LogP contribution is 2.14. The number of unbranched alkanes of at least 4 members (excludes halogenated alkanes) is 13. The van der Waals surface area contributed by atoms with Crippen molar-refractivity contribution in [2.24, 2.45) is 0 Å². The maximum absolute atomic E-state index is 6.25. The monoisotopic (exact) mass is 420 g/mol. The zero-order valence-corrected chi connectivity index (χ0v) is 23.8. The van der Waals surface area contributed by atoms with Crippen LogP contribution in [0.5, 0.6) is 0 Å². The van der Waals surface area contributed by atoms with Crippen molar-refractivity contribution in [2.75, 3.05) is 0 Å². The molecule has 152 valence electrons. The molecule has 0 saturated heterocycles. The summed E-state index contributed by atoms with van der Waals surface area (Å²) in [5.41, 5.74) is 0. The normalized spacial score (nSPS) is 13.9. The largest absolute Gasteiger partial charge is 0.464 e. The zero-order valence-electron chi connectivity index (χ0n) is 18.2. The second-order valence-electron chi connectivity index (χ2n) is 8.47. The van der Waals surface area contributed by atoms with Crippen molar-refractivity contribution in [1.82, 2.24) is 0 Å². The van der Waals surface area contributed by atoms with E-state index in [9.17, 15) is 0 Å². The SMILES string of the molecule is CCCCCCCCCCCCCCCC[SiH](C)O[SiH2][Si](C)(C)O[SiH3]. The molecule has 1 unspecified atom stereocenters. The summed E-state index contributed by atoms with van der Waals surface area (Å²) in [6.45, 7) is 9.36. The highest BCUT2D eigenvalue weighted by molar-refractivity contribution is 7.19. The molecule has 0 spiro atoms. The summed E-state index contributed by atoms with van der Waals surface area (Å²) in [6, 6.07) is 1.39. The van der Waals surface area contributed by atoms with Gasteiger partial charge in [-0.2, -0.15) is 0 Å². The van der Waals surface area contributed by atoms with Gasteiger partial charge in [0, 0.05) is 0 Å². The van der Waals surface area contributed by atoms with Crippen LogP contribution in [0.25, 0.3) is 0 Å². The first-order valence-electron chi connectivity index (χ1n) is 11.2. The van der Waals surface area contributed by atoms with Gasteiger partial charge < -0.3 is 8.23 Å². The van der Waals surface area contributed by atoms with Gasteiger partial charge in [-0.1, -0.05) is 96.8 Å².